The Labute approximate surface area is 257 Å². The molecule has 3 aliphatic heterocycles. The molecule has 0 bridgehead atoms. The van der Waals surface area contributed by atoms with Gasteiger partial charge in [0.2, 0.25) is 0 Å². The number of anilines is 3. The maximum absolute atomic E-state index is 14.0. The van der Waals surface area contributed by atoms with Crippen molar-refractivity contribution in [1.29, 1.82) is 0 Å². The Bertz CT molecular complexity index is 1560. The standard InChI is InChI=1S/C34H37N5O3S/c1-24-13-9-11-19-36(24)29-23-30(37-20-12-10-14-25(37)2)31(39(41)42)21-26(29)22-32-33(40)38(28-17-7-4-8-18-28)34(43-32)35-27-15-5-3-6-16-27/h3-8,15-18,21-25H,9-14,19-20H2,1-2H3/b32-22-,35-34?/t24-,25+/m1/s1. The van der Waals surface area contributed by atoms with E-state index in [-0.39, 0.29) is 22.6 Å². The van der Waals surface area contributed by atoms with Gasteiger partial charge in [0.15, 0.2) is 5.17 Å². The van der Waals surface area contributed by atoms with Crippen LogP contribution in [0.5, 0.6) is 0 Å². The van der Waals surface area contributed by atoms with Gasteiger partial charge < -0.3 is 9.80 Å². The Hall–Kier alpha value is -4.11. The molecule has 43 heavy (non-hydrogen) atoms. The lowest BCUT2D eigenvalue weighted by molar-refractivity contribution is -0.384. The number of carbonyl (C=O) groups is 1. The lowest BCUT2D eigenvalue weighted by atomic mass is 9.98. The zero-order chi connectivity index (χ0) is 29.9. The van der Waals surface area contributed by atoms with Crippen LogP contribution >= 0.6 is 11.8 Å². The van der Waals surface area contributed by atoms with Crippen LogP contribution in [0.15, 0.2) is 82.7 Å². The number of hydrogen-bond donors (Lipinski definition) is 0. The fourth-order valence-corrected chi connectivity index (χ4v) is 7.33. The van der Waals surface area contributed by atoms with E-state index < -0.39 is 0 Å². The first-order valence-electron chi connectivity index (χ1n) is 15.2. The fourth-order valence-electron chi connectivity index (χ4n) is 6.34. The van der Waals surface area contributed by atoms with Gasteiger partial charge in [-0.05, 0) is 101 Å². The van der Waals surface area contributed by atoms with Gasteiger partial charge in [0.25, 0.3) is 11.6 Å². The predicted molar refractivity (Wildman–Crippen MR) is 177 cm³/mol. The highest BCUT2D eigenvalue weighted by Gasteiger charge is 2.36. The van der Waals surface area contributed by atoms with Crippen LogP contribution in [0.25, 0.3) is 6.08 Å². The molecule has 3 heterocycles. The molecule has 0 saturated carbocycles. The molecule has 3 fully saturated rings. The van der Waals surface area contributed by atoms with E-state index in [0.717, 1.165) is 68.7 Å². The van der Waals surface area contributed by atoms with Crippen molar-refractivity contribution >= 4 is 57.3 Å². The molecule has 0 radical (unpaired) electrons. The van der Waals surface area contributed by atoms with Gasteiger partial charge in [0, 0.05) is 42.5 Å². The Morgan fingerprint density at radius 1 is 0.860 bits per heavy atom. The highest BCUT2D eigenvalue weighted by Crippen LogP contribution is 2.43. The zero-order valence-corrected chi connectivity index (χ0v) is 25.5. The summed E-state index contributed by atoms with van der Waals surface area (Å²) in [6.07, 6.45) is 8.30. The SMILES string of the molecule is C[C@@H]1CCCCN1c1cc(N2CCCC[C@@H]2C)c([N+](=O)[O-])cc1/C=C1\SC(=Nc2ccccc2)N(c2ccccc2)C1=O. The lowest BCUT2D eigenvalue weighted by Gasteiger charge is -2.39. The summed E-state index contributed by atoms with van der Waals surface area (Å²) in [7, 11) is 0. The number of nitro benzene ring substituents is 1. The first-order valence-corrected chi connectivity index (χ1v) is 16.0. The fraction of sp³-hybridized carbons (Fsp3) is 0.353. The van der Waals surface area contributed by atoms with Crippen molar-refractivity contribution in [2.24, 2.45) is 4.99 Å². The van der Waals surface area contributed by atoms with Crippen LogP contribution < -0.4 is 14.7 Å². The van der Waals surface area contributed by atoms with Gasteiger partial charge in [-0.3, -0.25) is 19.8 Å². The molecule has 0 aromatic heterocycles. The summed E-state index contributed by atoms with van der Waals surface area (Å²) in [6, 6.07) is 23.3. The monoisotopic (exact) mass is 595 g/mol. The zero-order valence-electron chi connectivity index (χ0n) is 24.7. The maximum Gasteiger partial charge on any atom is 0.293 e. The van der Waals surface area contributed by atoms with Crippen LogP contribution in [-0.2, 0) is 4.79 Å². The summed E-state index contributed by atoms with van der Waals surface area (Å²) in [5, 5.41) is 13.1. The number of amidine groups is 1. The average molecular weight is 596 g/mol. The van der Waals surface area contributed by atoms with Crippen LogP contribution in [0.1, 0.15) is 57.9 Å². The minimum absolute atomic E-state index is 0.0857. The van der Waals surface area contributed by atoms with E-state index in [9.17, 15) is 14.9 Å². The molecule has 0 unspecified atom stereocenters. The predicted octanol–water partition coefficient (Wildman–Crippen LogP) is 8.16. The van der Waals surface area contributed by atoms with E-state index in [0.29, 0.717) is 27.4 Å². The van der Waals surface area contributed by atoms with Crippen LogP contribution in [-0.4, -0.2) is 41.2 Å². The Balaban J connectivity index is 1.49. The molecule has 2 atom stereocenters. The molecule has 9 heteroatoms. The Kier molecular flexibility index (Phi) is 8.51. The van der Waals surface area contributed by atoms with Crippen molar-refractivity contribution < 1.29 is 9.72 Å². The molecule has 1 amide bonds. The molecular weight excluding hydrogens is 558 g/mol. The largest absolute Gasteiger partial charge is 0.368 e. The van der Waals surface area contributed by atoms with Gasteiger partial charge >= 0.3 is 0 Å². The van der Waals surface area contributed by atoms with Crippen molar-refractivity contribution in [3.63, 3.8) is 0 Å². The number of amides is 1. The second-order valence-electron chi connectivity index (χ2n) is 11.5. The molecule has 6 rings (SSSR count). The number of carbonyl (C=O) groups excluding carboxylic acids is 1. The number of rotatable bonds is 6. The van der Waals surface area contributed by atoms with Crippen LogP contribution in [0.2, 0.25) is 0 Å². The summed E-state index contributed by atoms with van der Waals surface area (Å²) in [5.41, 5.74) is 3.88. The van der Waals surface area contributed by atoms with Gasteiger partial charge in [-0.25, -0.2) is 4.99 Å². The highest BCUT2D eigenvalue weighted by atomic mass is 32.2. The average Bonchev–Trinajstić information content (AvgIpc) is 3.32. The summed E-state index contributed by atoms with van der Waals surface area (Å²) >= 11 is 1.30. The minimum Gasteiger partial charge on any atom is -0.368 e. The second kappa shape index (κ2) is 12.6. The summed E-state index contributed by atoms with van der Waals surface area (Å²) < 4.78 is 0. The number of aliphatic imine (C=N–C) groups is 1. The molecule has 3 aromatic carbocycles. The lowest BCUT2D eigenvalue weighted by Crippen LogP contribution is -2.39. The van der Waals surface area contributed by atoms with E-state index in [1.54, 1.807) is 11.0 Å². The summed E-state index contributed by atoms with van der Waals surface area (Å²) in [6.45, 7) is 6.05. The van der Waals surface area contributed by atoms with Gasteiger partial charge in [0.05, 0.1) is 21.2 Å². The van der Waals surface area contributed by atoms with Crippen LogP contribution in [0.3, 0.4) is 0 Å². The molecule has 0 N–H and O–H groups in total. The Morgan fingerprint density at radius 2 is 1.47 bits per heavy atom. The molecular formula is C34H37N5O3S. The molecule has 3 aliphatic rings. The van der Waals surface area contributed by atoms with Crippen molar-refractivity contribution in [2.75, 3.05) is 27.8 Å². The van der Waals surface area contributed by atoms with Gasteiger partial charge in [-0.1, -0.05) is 36.4 Å². The first-order chi connectivity index (χ1) is 20.9. The highest BCUT2D eigenvalue weighted by molar-refractivity contribution is 8.19. The molecule has 3 aromatic rings. The third-order valence-corrected chi connectivity index (χ3v) is 9.60. The van der Waals surface area contributed by atoms with Crippen molar-refractivity contribution in [3.8, 4) is 0 Å². The van der Waals surface area contributed by atoms with E-state index in [1.807, 2.05) is 72.8 Å². The van der Waals surface area contributed by atoms with E-state index in [4.69, 9.17) is 4.99 Å². The maximum atomic E-state index is 14.0. The number of benzene rings is 3. The second-order valence-corrected chi connectivity index (χ2v) is 12.6. The van der Waals surface area contributed by atoms with Gasteiger partial charge in [-0.2, -0.15) is 0 Å². The number of hydrogen-bond acceptors (Lipinski definition) is 7. The van der Waals surface area contributed by atoms with Crippen molar-refractivity contribution in [2.45, 2.75) is 64.5 Å². The molecule has 0 aliphatic carbocycles. The number of thioether (sulfide) groups is 1. The van der Waals surface area contributed by atoms with E-state index >= 15 is 0 Å². The smallest absolute Gasteiger partial charge is 0.293 e. The summed E-state index contributed by atoms with van der Waals surface area (Å²) in [4.78, 5) is 37.8. The number of nitro groups is 1. The Morgan fingerprint density at radius 3 is 2.07 bits per heavy atom. The third kappa shape index (κ3) is 6.04. The van der Waals surface area contributed by atoms with Gasteiger partial charge in [0.1, 0.15) is 5.69 Å². The topological polar surface area (TPSA) is 82.3 Å². The van der Waals surface area contributed by atoms with E-state index in [2.05, 4.69) is 23.6 Å². The molecule has 0 spiro atoms. The van der Waals surface area contributed by atoms with Crippen molar-refractivity contribution in [1.82, 2.24) is 0 Å². The quantitative estimate of drug-likeness (QED) is 0.162. The normalized spacial score (nSPS) is 22.9. The minimum atomic E-state index is -0.274. The van der Waals surface area contributed by atoms with Gasteiger partial charge in [-0.15, -0.1) is 0 Å². The van der Waals surface area contributed by atoms with Crippen LogP contribution in [0, 0.1) is 10.1 Å². The van der Waals surface area contributed by atoms with Crippen LogP contribution in [0.4, 0.5) is 28.4 Å². The van der Waals surface area contributed by atoms with Crippen molar-refractivity contribution in [3.05, 3.63) is 93.4 Å². The molecule has 3 saturated heterocycles. The third-order valence-electron chi connectivity index (χ3n) is 8.63. The molecule has 222 valence electrons. The number of piperidine rings is 2. The van der Waals surface area contributed by atoms with E-state index in [1.165, 1.54) is 11.8 Å². The molecule has 8 nitrogen and oxygen atoms in total. The summed E-state index contributed by atoms with van der Waals surface area (Å²) in [5.74, 6) is -0.195. The number of para-hydroxylation sites is 2. The number of nitrogens with zero attached hydrogens (tertiary/aromatic N) is 5. The first kappa shape index (κ1) is 29.0.